The highest BCUT2D eigenvalue weighted by Gasteiger charge is 2.05. The molecule has 3 rings (SSSR count). The predicted octanol–water partition coefficient (Wildman–Crippen LogP) is 5.56. The van der Waals surface area contributed by atoms with E-state index in [1.807, 2.05) is 41.1 Å². The van der Waals surface area contributed by atoms with E-state index in [-0.39, 0.29) is 24.0 Å². The standard InChI is InChI=1S/C17H17BrN2O.HI/c1-2-3-10-21-15-7-4-13(5-8-15)16-12-20-11-14(18)6-9-17(20)19-16;/h4-9,11-12H,2-3,10H2,1H3;1H. The van der Waals surface area contributed by atoms with Crippen LogP contribution in [-0.4, -0.2) is 16.0 Å². The van der Waals surface area contributed by atoms with E-state index >= 15 is 0 Å². The van der Waals surface area contributed by atoms with Gasteiger partial charge in [0, 0.05) is 22.4 Å². The van der Waals surface area contributed by atoms with Crippen molar-refractivity contribution in [2.75, 3.05) is 6.61 Å². The van der Waals surface area contributed by atoms with Gasteiger partial charge in [0.15, 0.2) is 0 Å². The lowest BCUT2D eigenvalue weighted by Gasteiger charge is -2.05. The topological polar surface area (TPSA) is 26.5 Å². The maximum Gasteiger partial charge on any atom is 0.137 e. The maximum absolute atomic E-state index is 5.68. The van der Waals surface area contributed by atoms with Crippen LogP contribution in [0.5, 0.6) is 5.75 Å². The number of pyridine rings is 1. The Morgan fingerprint density at radius 2 is 1.86 bits per heavy atom. The molecule has 0 aliphatic heterocycles. The number of fused-ring (bicyclic) bond motifs is 1. The molecule has 116 valence electrons. The normalized spacial score (nSPS) is 10.5. The molecular weight excluding hydrogens is 455 g/mol. The number of rotatable bonds is 5. The van der Waals surface area contributed by atoms with Crippen molar-refractivity contribution in [3.63, 3.8) is 0 Å². The van der Waals surface area contributed by atoms with Crippen molar-refractivity contribution >= 4 is 45.6 Å². The third-order valence-corrected chi connectivity index (χ3v) is 3.80. The molecule has 3 aromatic rings. The molecule has 0 saturated carbocycles. The van der Waals surface area contributed by atoms with Gasteiger partial charge in [-0.25, -0.2) is 4.98 Å². The first kappa shape index (κ1) is 17.3. The molecule has 0 spiro atoms. The molecule has 0 N–H and O–H groups in total. The number of hydrogen-bond donors (Lipinski definition) is 0. The molecule has 0 aliphatic carbocycles. The Kier molecular flexibility index (Phi) is 6.26. The van der Waals surface area contributed by atoms with Crippen LogP contribution in [0, 0.1) is 0 Å². The molecule has 1 aromatic carbocycles. The molecule has 22 heavy (non-hydrogen) atoms. The Morgan fingerprint density at radius 3 is 2.59 bits per heavy atom. The van der Waals surface area contributed by atoms with Crippen molar-refractivity contribution in [1.29, 1.82) is 0 Å². The number of unbranched alkanes of at least 4 members (excludes halogenated alkanes) is 1. The van der Waals surface area contributed by atoms with Gasteiger partial charge in [0.2, 0.25) is 0 Å². The second-order valence-electron chi connectivity index (χ2n) is 4.97. The van der Waals surface area contributed by atoms with Gasteiger partial charge in [0.05, 0.1) is 12.3 Å². The number of aromatic nitrogens is 2. The van der Waals surface area contributed by atoms with Gasteiger partial charge in [-0.1, -0.05) is 13.3 Å². The highest BCUT2D eigenvalue weighted by molar-refractivity contribution is 14.0. The summed E-state index contributed by atoms with van der Waals surface area (Å²) in [5.74, 6) is 0.915. The van der Waals surface area contributed by atoms with Crippen LogP contribution < -0.4 is 4.74 Å². The number of imidazole rings is 1. The molecule has 0 atom stereocenters. The second-order valence-corrected chi connectivity index (χ2v) is 5.88. The molecule has 2 aromatic heterocycles. The van der Waals surface area contributed by atoms with E-state index in [2.05, 4.69) is 40.0 Å². The molecule has 0 radical (unpaired) electrons. The minimum atomic E-state index is 0. The van der Waals surface area contributed by atoms with Gasteiger partial charge in [-0.05, 0) is 58.7 Å². The van der Waals surface area contributed by atoms with E-state index in [4.69, 9.17) is 4.74 Å². The molecule has 0 fully saturated rings. The predicted molar refractivity (Wildman–Crippen MR) is 104 cm³/mol. The summed E-state index contributed by atoms with van der Waals surface area (Å²) < 4.78 is 8.74. The van der Waals surface area contributed by atoms with Crippen LogP contribution in [-0.2, 0) is 0 Å². The van der Waals surface area contributed by atoms with Gasteiger partial charge in [0.1, 0.15) is 11.4 Å². The summed E-state index contributed by atoms with van der Waals surface area (Å²) in [4.78, 5) is 4.63. The quantitative estimate of drug-likeness (QED) is 0.359. The molecule has 0 unspecified atom stereocenters. The Hall–Kier alpha value is -1.08. The van der Waals surface area contributed by atoms with E-state index in [1.54, 1.807) is 0 Å². The summed E-state index contributed by atoms with van der Waals surface area (Å²) in [6.07, 6.45) is 6.28. The molecule has 3 nitrogen and oxygen atoms in total. The summed E-state index contributed by atoms with van der Waals surface area (Å²) in [7, 11) is 0. The number of ether oxygens (including phenoxy) is 1. The number of benzene rings is 1. The summed E-state index contributed by atoms with van der Waals surface area (Å²) in [5.41, 5.74) is 3.00. The first-order chi connectivity index (χ1) is 10.3. The van der Waals surface area contributed by atoms with E-state index in [0.29, 0.717) is 0 Å². The van der Waals surface area contributed by atoms with E-state index in [9.17, 15) is 0 Å². The van der Waals surface area contributed by atoms with Crippen molar-refractivity contribution in [3.8, 4) is 17.0 Å². The van der Waals surface area contributed by atoms with E-state index in [1.165, 1.54) is 0 Å². The molecule has 0 aliphatic rings. The van der Waals surface area contributed by atoms with E-state index < -0.39 is 0 Å². The van der Waals surface area contributed by atoms with Crippen LogP contribution in [0.15, 0.2) is 53.3 Å². The van der Waals surface area contributed by atoms with E-state index in [0.717, 1.165) is 46.6 Å². The fourth-order valence-corrected chi connectivity index (χ4v) is 2.51. The van der Waals surface area contributed by atoms with Gasteiger partial charge in [-0.3, -0.25) is 0 Å². The SMILES string of the molecule is CCCCOc1ccc(-c2cn3cc(Br)ccc3n2)cc1.I. The van der Waals surface area contributed by atoms with Crippen LogP contribution in [0.1, 0.15) is 19.8 Å². The number of halogens is 2. The molecule has 5 heteroatoms. The van der Waals surface area contributed by atoms with Gasteiger partial charge in [-0.2, -0.15) is 0 Å². The summed E-state index contributed by atoms with van der Waals surface area (Å²) in [6, 6.07) is 12.1. The summed E-state index contributed by atoms with van der Waals surface area (Å²) >= 11 is 3.47. The summed E-state index contributed by atoms with van der Waals surface area (Å²) in [6.45, 7) is 2.94. The average Bonchev–Trinajstić information content (AvgIpc) is 2.91. The van der Waals surface area contributed by atoms with Gasteiger partial charge >= 0.3 is 0 Å². The van der Waals surface area contributed by atoms with Gasteiger partial charge < -0.3 is 9.14 Å². The average molecular weight is 473 g/mol. The molecule has 0 bridgehead atoms. The first-order valence-electron chi connectivity index (χ1n) is 7.14. The molecule has 0 amide bonds. The second kappa shape index (κ2) is 7.97. The molecule has 2 heterocycles. The lowest BCUT2D eigenvalue weighted by Crippen LogP contribution is -1.95. The van der Waals surface area contributed by atoms with Crippen LogP contribution in [0.4, 0.5) is 0 Å². The smallest absolute Gasteiger partial charge is 0.137 e. The van der Waals surface area contributed by atoms with Crippen molar-refractivity contribution in [2.45, 2.75) is 19.8 Å². The zero-order valence-electron chi connectivity index (χ0n) is 12.3. The fraction of sp³-hybridized carbons (Fsp3) is 0.235. The van der Waals surface area contributed by atoms with Gasteiger partial charge in [0.25, 0.3) is 0 Å². The lowest BCUT2D eigenvalue weighted by atomic mass is 10.2. The summed E-state index contributed by atoms with van der Waals surface area (Å²) in [5, 5.41) is 0. The van der Waals surface area contributed by atoms with Crippen molar-refractivity contribution in [2.24, 2.45) is 0 Å². The minimum absolute atomic E-state index is 0. The van der Waals surface area contributed by atoms with Crippen LogP contribution in [0.2, 0.25) is 0 Å². The zero-order valence-corrected chi connectivity index (χ0v) is 16.2. The third kappa shape index (κ3) is 4.01. The molecular formula is C17H18BrIN2O. The fourth-order valence-electron chi connectivity index (χ4n) is 2.16. The van der Waals surface area contributed by atoms with Crippen molar-refractivity contribution in [3.05, 3.63) is 53.3 Å². The first-order valence-corrected chi connectivity index (χ1v) is 7.93. The highest BCUT2D eigenvalue weighted by Crippen LogP contribution is 2.23. The zero-order chi connectivity index (χ0) is 14.7. The van der Waals surface area contributed by atoms with Crippen LogP contribution in [0.3, 0.4) is 0 Å². The Balaban J connectivity index is 0.00000176. The largest absolute Gasteiger partial charge is 0.494 e. The minimum Gasteiger partial charge on any atom is -0.494 e. The molecule has 0 saturated heterocycles. The Labute approximate surface area is 155 Å². The van der Waals surface area contributed by atoms with Crippen LogP contribution >= 0.6 is 39.9 Å². The van der Waals surface area contributed by atoms with Crippen molar-refractivity contribution in [1.82, 2.24) is 9.38 Å². The monoisotopic (exact) mass is 472 g/mol. The Bertz CT molecular complexity index is 740. The number of hydrogen-bond acceptors (Lipinski definition) is 2. The van der Waals surface area contributed by atoms with Gasteiger partial charge in [-0.15, -0.1) is 24.0 Å². The van der Waals surface area contributed by atoms with Crippen molar-refractivity contribution < 1.29 is 4.74 Å². The Morgan fingerprint density at radius 1 is 1.09 bits per heavy atom. The lowest BCUT2D eigenvalue weighted by molar-refractivity contribution is 0.309. The highest BCUT2D eigenvalue weighted by atomic mass is 127. The third-order valence-electron chi connectivity index (χ3n) is 3.33. The van der Waals surface area contributed by atoms with Crippen LogP contribution in [0.25, 0.3) is 16.9 Å². The maximum atomic E-state index is 5.68. The number of nitrogens with zero attached hydrogens (tertiary/aromatic N) is 2.